The highest BCUT2D eigenvalue weighted by atomic mass is 32.2. The Morgan fingerprint density at radius 1 is 0.971 bits per heavy atom. The molecular formula is C24H26F4N2O4S. The summed E-state index contributed by atoms with van der Waals surface area (Å²) in [6.07, 6.45) is -3.21. The molecule has 0 radical (unpaired) electrons. The van der Waals surface area contributed by atoms with E-state index in [1.54, 1.807) is 17.0 Å². The van der Waals surface area contributed by atoms with Gasteiger partial charge in [0.15, 0.2) is 0 Å². The Labute approximate surface area is 201 Å². The maximum atomic E-state index is 13.3. The fraction of sp³-hybridized carbons (Fsp3) is 0.458. The molecule has 0 spiro atoms. The van der Waals surface area contributed by atoms with E-state index in [1.165, 1.54) is 12.1 Å². The molecule has 2 fully saturated rings. The predicted octanol–water partition coefficient (Wildman–Crippen LogP) is 4.02. The Bertz CT molecular complexity index is 1150. The lowest BCUT2D eigenvalue weighted by atomic mass is 9.85. The molecule has 0 bridgehead atoms. The van der Waals surface area contributed by atoms with Crippen molar-refractivity contribution in [3.63, 3.8) is 0 Å². The fourth-order valence-electron chi connectivity index (χ4n) is 4.86. The van der Waals surface area contributed by atoms with E-state index in [-0.39, 0.29) is 35.1 Å². The smallest absolute Gasteiger partial charge is 0.391 e. The molecule has 0 aromatic heterocycles. The molecule has 1 saturated heterocycles. The molecule has 2 aliphatic rings. The molecule has 1 heterocycles. The number of sulfonamides is 1. The number of rotatable bonds is 5. The van der Waals surface area contributed by atoms with E-state index >= 15 is 0 Å². The van der Waals surface area contributed by atoms with Crippen LogP contribution in [0.2, 0.25) is 0 Å². The van der Waals surface area contributed by atoms with Crippen molar-refractivity contribution in [3.8, 4) is 0 Å². The average molecular weight is 515 g/mol. The van der Waals surface area contributed by atoms with Crippen LogP contribution >= 0.6 is 0 Å². The minimum atomic E-state index is -4.55. The number of benzene rings is 2. The van der Waals surface area contributed by atoms with E-state index in [0.29, 0.717) is 32.1 Å². The maximum absolute atomic E-state index is 13.3. The molecule has 2 aromatic carbocycles. The minimum Gasteiger partial charge on any atom is -0.391 e. The molecule has 2 aromatic rings. The first-order valence-electron chi connectivity index (χ1n) is 11.4. The molecule has 1 amide bonds. The summed E-state index contributed by atoms with van der Waals surface area (Å²) in [5.41, 5.74) is -0.185. The molecule has 4 rings (SSSR count). The summed E-state index contributed by atoms with van der Waals surface area (Å²) in [5, 5.41) is 10.2. The zero-order chi connectivity index (χ0) is 25.4. The number of likely N-dealkylation sites (tertiary alicyclic amines) is 1. The van der Waals surface area contributed by atoms with E-state index in [4.69, 9.17) is 0 Å². The van der Waals surface area contributed by atoms with Gasteiger partial charge in [0.25, 0.3) is 0 Å². The molecule has 2 N–H and O–H groups in total. The summed E-state index contributed by atoms with van der Waals surface area (Å²) in [6, 6.07) is 8.35. The highest BCUT2D eigenvalue weighted by molar-refractivity contribution is 7.89. The number of β-amino-alcohol motifs (C(OH)–C–C–N with tert-alkyl or cyclic N) is 1. The Morgan fingerprint density at radius 2 is 1.57 bits per heavy atom. The molecule has 6 nitrogen and oxygen atoms in total. The van der Waals surface area contributed by atoms with Gasteiger partial charge in [0.2, 0.25) is 15.9 Å². The maximum Gasteiger partial charge on any atom is 0.416 e. The molecule has 1 unspecified atom stereocenters. The van der Waals surface area contributed by atoms with Crippen LogP contribution in [-0.4, -0.2) is 43.0 Å². The number of halogens is 4. The number of aliphatic hydroxyl groups is 1. The third-order valence-corrected chi connectivity index (χ3v) is 8.24. The summed E-state index contributed by atoms with van der Waals surface area (Å²) in [4.78, 5) is 14.6. The van der Waals surface area contributed by atoms with Crippen LogP contribution in [0.5, 0.6) is 0 Å². The summed E-state index contributed by atoms with van der Waals surface area (Å²) in [7, 11) is -4.01. The van der Waals surface area contributed by atoms with Crippen LogP contribution < -0.4 is 4.72 Å². The first-order valence-corrected chi connectivity index (χ1v) is 12.9. The second-order valence-electron chi connectivity index (χ2n) is 9.14. The van der Waals surface area contributed by atoms with Gasteiger partial charge in [-0.05, 0) is 74.1 Å². The summed E-state index contributed by atoms with van der Waals surface area (Å²) < 4.78 is 79.3. The van der Waals surface area contributed by atoms with Gasteiger partial charge < -0.3 is 10.0 Å². The van der Waals surface area contributed by atoms with Crippen molar-refractivity contribution >= 4 is 15.9 Å². The number of alkyl halides is 3. The zero-order valence-corrected chi connectivity index (χ0v) is 19.5. The van der Waals surface area contributed by atoms with Crippen LogP contribution in [0.3, 0.4) is 0 Å². The predicted molar refractivity (Wildman–Crippen MR) is 119 cm³/mol. The van der Waals surface area contributed by atoms with Crippen molar-refractivity contribution in [2.24, 2.45) is 5.92 Å². The highest BCUT2D eigenvalue weighted by Crippen LogP contribution is 2.36. The van der Waals surface area contributed by atoms with Gasteiger partial charge in [0, 0.05) is 18.5 Å². The lowest BCUT2D eigenvalue weighted by molar-refractivity contribution is -0.138. The van der Waals surface area contributed by atoms with Crippen LogP contribution in [0.15, 0.2) is 53.4 Å². The van der Waals surface area contributed by atoms with Crippen LogP contribution in [-0.2, 0) is 21.0 Å². The molecular weight excluding hydrogens is 488 g/mol. The lowest BCUT2D eigenvalue weighted by Gasteiger charge is -2.33. The topological polar surface area (TPSA) is 86.7 Å². The van der Waals surface area contributed by atoms with E-state index < -0.39 is 33.9 Å². The normalized spacial score (nSPS) is 25.6. The number of hydrogen-bond donors (Lipinski definition) is 2. The largest absolute Gasteiger partial charge is 0.416 e. The summed E-state index contributed by atoms with van der Waals surface area (Å²) in [6.45, 7) is 0.182. The Balaban J connectivity index is 1.36. The van der Waals surface area contributed by atoms with Crippen molar-refractivity contribution in [3.05, 3.63) is 65.5 Å². The Morgan fingerprint density at radius 3 is 2.14 bits per heavy atom. The molecule has 1 aliphatic heterocycles. The number of amides is 1. The number of carbonyl (C=O) groups is 1. The highest BCUT2D eigenvalue weighted by Gasteiger charge is 2.39. The zero-order valence-electron chi connectivity index (χ0n) is 18.7. The fourth-order valence-corrected chi connectivity index (χ4v) is 6.17. The molecule has 190 valence electrons. The van der Waals surface area contributed by atoms with Crippen molar-refractivity contribution in [1.82, 2.24) is 9.62 Å². The van der Waals surface area contributed by atoms with Gasteiger partial charge >= 0.3 is 6.18 Å². The molecule has 2 atom stereocenters. The van der Waals surface area contributed by atoms with Gasteiger partial charge in [-0.25, -0.2) is 17.5 Å². The van der Waals surface area contributed by atoms with Crippen molar-refractivity contribution in [2.75, 3.05) is 6.54 Å². The molecule has 1 saturated carbocycles. The number of aliphatic hydroxyl groups excluding tert-OH is 1. The first kappa shape index (κ1) is 25.6. The third-order valence-electron chi connectivity index (χ3n) is 6.71. The van der Waals surface area contributed by atoms with E-state index in [0.717, 1.165) is 29.8 Å². The first-order chi connectivity index (χ1) is 16.4. The van der Waals surface area contributed by atoms with Gasteiger partial charge in [-0.2, -0.15) is 13.2 Å². The third kappa shape index (κ3) is 5.84. The number of nitrogens with zero attached hydrogens (tertiary/aromatic N) is 1. The van der Waals surface area contributed by atoms with E-state index in [1.807, 2.05) is 0 Å². The van der Waals surface area contributed by atoms with Gasteiger partial charge in [-0.1, -0.05) is 12.1 Å². The van der Waals surface area contributed by atoms with E-state index in [9.17, 15) is 35.9 Å². The second-order valence-corrected chi connectivity index (χ2v) is 10.9. The second kappa shape index (κ2) is 9.87. The standard InChI is InChI=1S/C24H26F4N2O4S/c25-18-7-1-15(2-8-18)22-13-20(31)14-30(22)23(32)16-3-9-19(10-4-16)29-35(33,34)21-11-5-17(6-12-21)24(26,27)28/h1-2,5-8,11-12,16,19-20,22,29,31H,3-4,9-10,13-14H2/t16?,19?,20?,22-/m1/s1. The van der Waals surface area contributed by atoms with Crippen LogP contribution in [0.4, 0.5) is 17.6 Å². The van der Waals surface area contributed by atoms with Crippen LogP contribution in [0, 0.1) is 11.7 Å². The van der Waals surface area contributed by atoms with Gasteiger partial charge in [-0.15, -0.1) is 0 Å². The number of nitrogens with one attached hydrogen (secondary N) is 1. The molecule has 1 aliphatic carbocycles. The number of hydrogen-bond acceptors (Lipinski definition) is 4. The number of carbonyl (C=O) groups excluding carboxylic acids is 1. The van der Waals surface area contributed by atoms with Gasteiger partial charge in [0.05, 0.1) is 22.6 Å². The SMILES string of the molecule is O=C(C1CCC(NS(=O)(=O)c2ccc(C(F)(F)F)cc2)CC1)N1CC(O)C[C@@H]1c1ccc(F)cc1. The van der Waals surface area contributed by atoms with Gasteiger partial charge in [0.1, 0.15) is 5.82 Å². The molecule has 35 heavy (non-hydrogen) atoms. The van der Waals surface area contributed by atoms with Crippen molar-refractivity contribution in [1.29, 1.82) is 0 Å². The van der Waals surface area contributed by atoms with Gasteiger partial charge in [-0.3, -0.25) is 4.79 Å². The lowest BCUT2D eigenvalue weighted by Crippen LogP contribution is -2.42. The quantitative estimate of drug-likeness (QED) is 0.591. The monoisotopic (exact) mass is 514 g/mol. The minimum absolute atomic E-state index is 0.125. The Hall–Kier alpha value is -2.50. The summed E-state index contributed by atoms with van der Waals surface area (Å²) in [5.74, 6) is -0.850. The molecule has 11 heteroatoms. The van der Waals surface area contributed by atoms with Crippen molar-refractivity contribution in [2.45, 2.75) is 61.4 Å². The summed E-state index contributed by atoms with van der Waals surface area (Å²) >= 11 is 0. The Kier molecular flexibility index (Phi) is 7.21. The average Bonchev–Trinajstić information content (AvgIpc) is 3.20. The van der Waals surface area contributed by atoms with Crippen LogP contribution in [0.25, 0.3) is 0 Å². The van der Waals surface area contributed by atoms with Crippen molar-refractivity contribution < 1.29 is 35.9 Å². The van der Waals surface area contributed by atoms with Crippen LogP contribution in [0.1, 0.15) is 49.3 Å². The van der Waals surface area contributed by atoms with E-state index in [2.05, 4.69) is 4.72 Å².